The molecule has 0 saturated carbocycles. The highest BCUT2D eigenvalue weighted by atomic mass is 16.2. The van der Waals surface area contributed by atoms with Crippen LogP contribution in [0, 0.1) is 6.92 Å². The minimum absolute atomic E-state index is 0.0418. The second-order valence-corrected chi connectivity index (χ2v) is 7.16. The van der Waals surface area contributed by atoms with Gasteiger partial charge in [-0.25, -0.2) is 0 Å². The molecule has 0 aliphatic heterocycles. The molecular weight excluding hydrogens is 332 g/mol. The van der Waals surface area contributed by atoms with Crippen LogP contribution in [-0.2, 0) is 17.8 Å². The molecule has 1 amide bonds. The van der Waals surface area contributed by atoms with E-state index in [-0.39, 0.29) is 5.91 Å². The van der Waals surface area contributed by atoms with Gasteiger partial charge in [-0.3, -0.25) is 4.79 Å². The van der Waals surface area contributed by atoms with Crippen LogP contribution in [0.1, 0.15) is 22.3 Å². The highest BCUT2D eigenvalue weighted by molar-refractivity contribution is 5.92. The number of rotatable bonds is 7. The number of benzene rings is 3. The number of likely N-dealkylation sites (N-methyl/N-ethyl adjacent to an activating group) is 1. The first-order valence-electron chi connectivity index (χ1n) is 9.38. The molecule has 0 aliphatic carbocycles. The van der Waals surface area contributed by atoms with E-state index in [0.717, 1.165) is 29.1 Å². The number of aryl methyl sites for hydroxylation is 1. The first-order valence-corrected chi connectivity index (χ1v) is 9.38. The van der Waals surface area contributed by atoms with Gasteiger partial charge in [0, 0.05) is 11.3 Å². The molecule has 2 N–H and O–H groups in total. The van der Waals surface area contributed by atoms with Crippen LogP contribution in [0.5, 0.6) is 0 Å². The van der Waals surface area contributed by atoms with Crippen molar-refractivity contribution in [3.8, 4) is 0 Å². The molecule has 3 aromatic carbocycles. The Labute approximate surface area is 161 Å². The maximum Gasteiger partial charge on any atom is 0.279 e. The summed E-state index contributed by atoms with van der Waals surface area (Å²) in [6.45, 7) is 3.35. The molecule has 3 heteroatoms. The topological polar surface area (TPSA) is 33.5 Å². The van der Waals surface area contributed by atoms with Gasteiger partial charge in [-0.2, -0.15) is 0 Å². The predicted octanol–water partition coefficient (Wildman–Crippen LogP) is 3.24. The molecule has 3 rings (SSSR count). The summed E-state index contributed by atoms with van der Waals surface area (Å²) < 4.78 is 0. The average molecular weight is 359 g/mol. The van der Waals surface area contributed by atoms with Crippen LogP contribution < -0.4 is 10.2 Å². The standard InChI is InChI=1S/C24H26N2O/c1-19-12-14-21(15-13-19)17-26(2)18-24(27)25-23-11-7-6-10-22(23)16-20-8-4-3-5-9-20/h3-15H,16-18H2,1-2H3,(H,25,27)/p+1. The Kier molecular flexibility index (Phi) is 6.39. The second kappa shape index (κ2) is 9.15. The van der Waals surface area contributed by atoms with Crippen molar-refractivity contribution in [2.75, 3.05) is 18.9 Å². The van der Waals surface area contributed by atoms with E-state index in [1.54, 1.807) is 0 Å². The predicted molar refractivity (Wildman–Crippen MR) is 111 cm³/mol. The van der Waals surface area contributed by atoms with Gasteiger partial charge in [0.1, 0.15) is 6.54 Å². The number of carbonyl (C=O) groups excluding carboxylic acids is 1. The molecule has 0 saturated heterocycles. The molecule has 138 valence electrons. The Morgan fingerprint density at radius 2 is 1.52 bits per heavy atom. The van der Waals surface area contributed by atoms with Gasteiger partial charge in [0.15, 0.2) is 6.54 Å². The number of hydrogen-bond donors (Lipinski definition) is 2. The van der Waals surface area contributed by atoms with Gasteiger partial charge in [0.25, 0.3) is 5.91 Å². The zero-order valence-corrected chi connectivity index (χ0v) is 16.0. The summed E-state index contributed by atoms with van der Waals surface area (Å²) in [4.78, 5) is 13.7. The fourth-order valence-electron chi connectivity index (χ4n) is 3.20. The number of hydrogen-bond acceptors (Lipinski definition) is 1. The van der Waals surface area contributed by atoms with Crippen molar-refractivity contribution in [1.82, 2.24) is 0 Å². The van der Waals surface area contributed by atoms with Gasteiger partial charge in [-0.1, -0.05) is 78.4 Å². The minimum Gasteiger partial charge on any atom is -0.326 e. The molecule has 0 fully saturated rings. The first kappa shape index (κ1) is 18.9. The Balaban J connectivity index is 1.59. The SMILES string of the molecule is Cc1ccc(C[NH+](C)CC(=O)Nc2ccccc2Cc2ccccc2)cc1. The normalized spacial score (nSPS) is 11.8. The molecule has 1 unspecified atom stereocenters. The zero-order valence-electron chi connectivity index (χ0n) is 16.0. The summed E-state index contributed by atoms with van der Waals surface area (Å²) in [6.07, 6.45) is 0.809. The van der Waals surface area contributed by atoms with E-state index < -0.39 is 0 Å². The van der Waals surface area contributed by atoms with Gasteiger partial charge < -0.3 is 10.2 Å². The van der Waals surface area contributed by atoms with Crippen LogP contribution in [0.4, 0.5) is 5.69 Å². The van der Waals surface area contributed by atoms with E-state index in [4.69, 9.17) is 0 Å². The second-order valence-electron chi connectivity index (χ2n) is 7.16. The smallest absolute Gasteiger partial charge is 0.279 e. The van der Waals surface area contributed by atoms with Crippen molar-refractivity contribution in [2.24, 2.45) is 0 Å². The van der Waals surface area contributed by atoms with Crippen LogP contribution in [0.3, 0.4) is 0 Å². The number of carbonyl (C=O) groups is 1. The van der Waals surface area contributed by atoms with Crippen molar-refractivity contribution in [1.29, 1.82) is 0 Å². The Bertz CT molecular complexity index is 872. The lowest BCUT2D eigenvalue weighted by Crippen LogP contribution is -3.08. The molecule has 27 heavy (non-hydrogen) atoms. The molecule has 3 nitrogen and oxygen atoms in total. The van der Waals surface area contributed by atoms with Crippen molar-refractivity contribution in [3.05, 3.63) is 101 Å². The van der Waals surface area contributed by atoms with Gasteiger partial charge in [0.2, 0.25) is 0 Å². The monoisotopic (exact) mass is 359 g/mol. The Hall–Kier alpha value is -2.91. The van der Waals surface area contributed by atoms with Crippen LogP contribution in [0.2, 0.25) is 0 Å². The lowest BCUT2D eigenvalue weighted by atomic mass is 10.0. The summed E-state index contributed by atoms with van der Waals surface area (Å²) >= 11 is 0. The quantitative estimate of drug-likeness (QED) is 0.667. The zero-order chi connectivity index (χ0) is 19.1. The van der Waals surface area contributed by atoms with Gasteiger partial charge >= 0.3 is 0 Å². The molecule has 0 spiro atoms. The molecule has 0 heterocycles. The molecule has 0 radical (unpaired) electrons. The van der Waals surface area contributed by atoms with E-state index in [0.29, 0.717) is 6.54 Å². The number of amides is 1. The van der Waals surface area contributed by atoms with Crippen LogP contribution >= 0.6 is 0 Å². The molecule has 0 aromatic heterocycles. The largest absolute Gasteiger partial charge is 0.326 e. The first-order chi connectivity index (χ1) is 13.1. The lowest BCUT2D eigenvalue weighted by molar-refractivity contribution is -0.885. The average Bonchev–Trinajstić information content (AvgIpc) is 2.66. The van der Waals surface area contributed by atoms with E-state index in [1.807, 2.05) is 36.4 Å². The lowest BCUT2D eigenvalue weighted by Gasteiger charge is -2.15. The highest BCUT2D eigenvalue weighted by Crippen LogP contribution is 2.18. The number of anilines is 1. The third kappa shape index (κ3) is 5.80. The maximum atomic E-state index is 12.5. The van der Waals surface area contributed by atoms with E-state index in [1.165, 1.54) is 16.7 Å². The highest BCUT2D eigenvalue weighted by Gasteiger charge is 2.12. The summed E-state index contributed by atoms with van der Waals surface area (Å²) in [5.74, 6) is 0.0418. The maximum absolute atomic E-state index is 12.5. The van der Waals surface area contributed by atoms with Crippen molar-refractivity contribution in [3.63, 3.8) is 0 Å². The van der Waals surface area contributed by atoms with Crippen molar-refractivity contribution < 1.29 is 9.69 Å². The van der Waals surface area contributed by atoms with Gasteiger partial charge in [0.05, 0.1) is 7.05 Å². The minimum atomic E-state index is 0.0418. The Morgan fingerprint density at radius 3 is 2.26 bits per heavy atom. The summed E-state index contributed by atoms with van der Waals surface area (Å²) in [7, 11) is 2.05. The summed E-state index contributed by atoms with van der Waals surface area (Å²) in [6, 6.07) is 26.8. The van der Waals surface area contributed by atoms with E-state index >= 15 is 0 Å². The Morgan fingerprint density at radius 1 is 0.852 bits per heavy atom. The molecule has 3 aromatic rings. The van der Waals surface area contributed by atoms with Crippen LogP contribution in [0.25, 0.3) is 0 Å². The van der Waals surface area contributed by atoms with Gasteiger partial charge in [-0.15, -0.1) is 0 Å². The summed E-state index contributed by atoms with van der Waals surface area (Å²) in [5, 5.41) is 3.10. The van der Waals surface area contributed by atoms with Crippen molar-refractivity contribution >= 4 is 11.6 Å². The number of quaternary nitrogens is 1. The fraction of sp³-hybridized carbons (Fsp3) is 0.208. The van der Waals surface area contributed by atoms with Gasteiger partial charge in [-0.05, 0) is 30.5 Å². The molecular formula is C24H27N2O+. The van der Waals surface area contributed by atoms with E-state index in [9.17, 15) is 4.79 Å². The van der Waals surface area contributed by atoms with E-state index in [2.05, 4.69) is 61.8 Å². The number of nitrogens with one attached hydrogen (secondary N) is 2. The molecule has 0 aliphatic rings. The third-order valence-corrected chi connectivity index (χ3v) is 4.62. The summed E-state index contributed by atoms with van der Waals surface area (Å²) in [5.41, 5.74) is 5.77. The fourth-order valence-corrected chi connectivity index (χ4v) is 3.20. The third-order valence-electron chi connectivity index (χ3n) is 4.62. The van der Waals surface area contributed by atoms with Crippen molar-refractivity contribution in [2.45, 2.75) is 19.9 Å². The van der Waals surface area contributed by atoms with Crippen LogP contribution in [0.15, 0.2) is 78.9 Å². The number of para-hydroxylation sites is 1. The molecule has 1 atom stereocenters. The van der Waals surface area contributed by atoms with Crippen LogP contribution in [-0.4, -0.2) is 19.5 Å². The molecule has 0 bridgehead atoms.